The van der Waals surface area contributed by atoms with Gasteiger partial charge in [-0.25, -0.2) is 4.39 Å². The molecular weight excluding hydrogens is 229 g/mol. The highest BCUT2D eigenvalue weighted by Gasteiger charge is 2.10. The van der Waals surface area contributed by atoms with E-state index < -0.39 is 6.17 Å². The van der Waals surface area contributed by atoms with Crippen molar-refractivity contribution in [3.8, 4) is 0 Å². The van der Waals surface area contributed by atoms with Gasteiger partial charge in [0.25, 0.3) is 0 Å². The third-order valence-corrected chi connectivity index (χ3v) is 3.03. The average molecular weight is 238 g/mol. The maximum Gasteiger partial charge on any atom is 0.135 e. The van der Waals surface area contributed by atoms with E-state index >= 15 is 0 Å². The van der Waals surface area contributed by atoms with Gasteiger partial charge in [0, 0.05) is 4.88 Å². The molecule has 1 nitrogen and oxygen atoms in total. The molecule has 0 bridgehead atoms. The lowest BCUT2D eigenvalue weighted by molar-refractivity contribution is 0.333. The maximum atomic E-state index is 13.1. The second-order valence-electron chi connectivity index (χ2n) is 2.19. The molecule has 1 rings (SSSR count). The predicted molar refractivity (Wildman–Crippen MR) is 49.5 cm³/mol. The Hall–Kier alpha value is 0.0700. The number of nitrogens with two attached hydrogens (primary N) is 1. The van der Waals surface area contributed by atoms with Gasteiger partial charge in [0.1, 0.15) is 6.17 Å². The Balaban J connectivity index is 2.60. The highest BCUT2D eigenvalue weighted by Crippen LogP contribution is 2.30. The summed E-state index contributed by atoms with van der Waals surface area (Å²) in [6.07, 6.45) is -0.483. The number of hydrogen-bond acceptors (Lipinski definition) is 2. The van der Waals surface area contributed by atoms with Gasteiger partial charge in [-0.05, 0) is 41.0 Å². The lowest BCUT2D eigenvalue weighted by Gasteiger charge is -2.01. The van der Waals surface area contributed by atoms with E-state index in [0.29, 0.717) is 13.0 Å². The van der Waals surface area contributed by atoms with E-state index in [0.717, 1.165) is 8.66 Å². The number of hydrogen-bond donors (Lipinski definition) is 1. The van der Waals surface area contributed by atoms with Gasteiger partial charge in [-0.15, -0.1) is 11.3 Å². The van der Waals surface area contributed by atoms with Crippen LogP contribution in [0.15, 0.2) is 15.9 Å². The van der Waals surface area contributed by atoms with Gasteiger partial charge in [-0.2, -0.15) is 0 Å². The molecule has 62 valence electrons. The summed E-state index contributed by atoms with van der Waals surface area (Å²) in [4.78, 5) is 0.752. The molecular formula is C7H9BrFNS. The van der Waals surface area contributed by atoms with E-state index in [1.165, 1.54) is 11.3 Å². The molecule has 1 unspecified atom stereocenters. The van der Waals surface area contributed by atoms with Crippen LogP contribution in [0.3, 0.4) is 0 Å². The first-order valence-corrected chi connectivity index (χ1v) is 4.94. The summed E-state index contributed by atoms with van der Waals surface area (Å²) in [5.74, 6) is 0. The van der Waals surface area contributed by atoms with Crippen molar-refractivity contribution < 1.29 is 4.39 Å². The fourth-order valence-electron chi connectivity index (χ4n) is 0.785. The first-order valence-electron chi connectivity index (χ1n) is 3.33. The molecule has 1 aromatic heterocycles. The third-order valence-electron chi connectivity index (χ3n) is 1.32. The van der Waals surface area contributed by atoms with Gasteiger partial charge in [0.05, 0.1) is 3.79 Å². The summed E-state index contributed by atoms with van der Waals surface area (Å²) in [7, 11) is 0. The van der Waals surface area contributed by atoms with Crippen LogP contribution in [0, 0.1) is 0 Å². The number of thiophene rings is 1. The van der Waals surface area contributed by atoms with Gasteiger partial charge >= 0.3 is 0 Å². The van der Waals surface area contributed by atoms with Crippen molar-refractivity contribution in [2.45, 2.75) is 12.6 Å². The minimum Gasteiger partial charge on any atom is -0.330 e. The lowest BCUT2D eigenvalue weighted by Crippen LogP contribution is -2.02. The van der Waals surface area contributed by atoms with Crippen LogP contribution in [0.2, 0.25) is 0 Å². The molecule has 0 aliphatic rings. The Morgan fingerprint density at radius 1 is 1.64 bits per heavy atom. The minimum atomic E-state index is -0.892. The Kier molecular flexibility index (Phi) is 3.48. The van der Waals surface area contributed by atoms with E-state index in [1.54, 1.807) is 6.07 Å². The van der Waals surface area contributed by atoms with E-state index in [2.05, 4.69) is 15.9 Å². The molecule has 0 amide bonds. The summed E-state index contributed by atoms with van der Waals surface area (Å²) in [6, 6.07) is 3.64. The molecule has 0 spiro atoms. The molecule has 0 fully saturated rings. The third kappa shape index (κ3) is 2.54. The van der Waals surface area contributed by atoms with Crippen LogP contribution in [0.4, 0.5) is 4.39 Å². The van der Waals surface area contributed by atoms with Crippen molar-refractivity contribution in [2.75, 3.05) is 6.54 Å². The molecule has 0 aliphatic carbocycles. The highest BCUT2D eigenvalue weighted by atomic mass is 79.9. The van der Waals surface area contributed by atoms with Gasteiger partial charge in [0.15, 0.2) is 0 Å². The van der Waals surface area contributed by atoms with Crippen LogP contribution < -0.4 is 5.73 Å². The molecule has 0 saturated heterocycles. The van der Waals surface area contributed by atoms with E-state index in [1.807, 2.05) is 6.07 Å². The smallest absolute Gasteiger partial charge is 0.135 e. The van der Waals surface area contributed by atoms with Crippen molar-refractivity contribution in [1.29, 1.82) is 0 Å². The molecule has 1 atom stereocenters. The number of rotatable bonds is 3. The average Bonchev–Trinajstić information content (AvgIpc) is 2.36. The maximum absolute atomic E-state index is 13.1. The lowest BCUT2D eigenvalue weighted by atomic mass is 10.2. The first-order chi connectivity index (χ1) is 5.24. The topological polar surface area (TPSA) is 26.0 Å². The van der Waals surface area contributed by atoms with Gasteiger partial charge in [-0.3, -0.25) is 0 Å². The SMILES string of the molecule is NCCC(F)c1ccc(Br)s1. The van der Waals surface area contributed by atoms with Gasteiger partial charge in [0.2, 0.25) is 0 Å². The quantitative estimate of drug-likeness (QED) is 0.860. The first kappa shape index (κ1) is 9.16. The predicted octanol–water partition coefficient (Wildman–Crippen LogP) is 2.87. The van der Waals surface area contributed by atoms with Crippen molar-refractivity contribution in [3.63, 3.8) is 0 Å². The summed E-state index contributed by atoms with van der Waals surface area (Å²) in [6.45, 7) is 0.399. The summed E-state index contributed by atoms with van der Waals surface area (Å²) in [5.41, 5.74) is 5.23. The van der Waals surface area contributed by atoms with Crippen molar-refractivity contribution in [3.05, 3.63) is 20.8 Å². The summed E-state index contributed by atoms with van der Waals surface area (Å²) in [5, 5.41) is 0. The fraction of sp³-hybridized carbons (Fsp3) is 0.429. The van der Waals surface area contributed by atoms with Crippen molar-refractivity contribution in [2.24, 2.45) is 5.73 Å². The fourth-order valence-corrected chi connectivity index (χ4v) is 2.22. The van der Waals surface area contributed by atoms with Crippen molar-refractivity contribution >= 4 is 27.3 Å². The molecule has 0 radical (unpaired) electrons. The molecule has 2 N–H and O–H groups in total. The number of alkyl halides is 1. The molecule has 1 heterocycles. The monoisotopic (exact) mass is 237 g/mol. The van der Waals surface area contributed by atoms with Crippen molar-refractivity contribution in [1.82, 2.24) is 0 Å². The Morgan fingerprint density at radius 2 is 2.36 bits per heavy atom. The standard InChI is InChI=1S/C7H9BrFNS/c8-7-2-1-6(11-7)5(9)3-4-10/h1-2,5H,3-4,10H2. The van der Waals surface area contributed by atoms with Gasteiger partial charge < -0.3 is 5.73 Å². The van der Waals surface area contributed by atoms with E-state index in [9.17, 15) is 4.39 Å². The van der Waals surface area contributed by atoms with Crippen LogP contribution in [0.25, 0.3) is 0 Å². The van der Waals surface area contributed by atoms with Crippen LogP contribution in [0.1, 0.15) is 17.5 Å². The zero-order valence-corrected chi connectivity index (χ0v) is 8.29. The Morgan fingerprint density at radius 3 is 2.82 bits per heavy atom. The van der Waals surface area contributed by atoms with Crippen LogP contribution in [-0.2, 0) is 0 Å². The molecule has 0 aromatic carbocycles. The van der Waals surface area contributed by atoms with Crippen LogP contribution >= 0.6 is 27.3 Å². The van der Waals surface area contributed by atoms with Crippen LogP contribution in [-0.4, -0.2) is 6.54 Å². The minimum absolute atomic E-state index is 0.399. The normalized spacial score (nSPS) is 13.4. The second-order valence-corrected chi connectivity index (χ2v) is 4.68. The molecule has 1 aromatic rings. The largest absolute Gasteiger partial charge is 0.330 e. The second kappa shape index (κ2) is 4.18. The zero-order chi connectivity index (χ0) is 8.27. The zero-order valence-electron chi connectivity index (χ0n) is 5.89. The summed E-state index contributed by atoms with van der Waals surface area (Å²) >= 11 is 4.69. The highest BCUT2D eigenvalue weighted by molar-refractivity contribution is 9.11. The van der Waals surface area contributed by atoms with E-state index in [4.69, 9.17) is 5.73 Å². The Bertz CT molecular complexity index is 226. The van der Waals surface area contributed by atoms with Crippen LogP contribution in [0.5, 0.6) is 0 Å². The Labute approximate surface area is 77.5 Å². The molecule has 0 aliphatic heterocycles. The molecule has 4 heteroatoms. The van der Waals surface area contributed by atoms with E-state index in [-0.39, 0.29) is 0 Å². The summed E-state index contributed by atoms with van der Waals surface area (Å²) < 4.78 is 14.0. The molecule has 0 saturated carbocycles. The molecule has 11 heavy (non-hydrogen) atoms. The van der Waals surface area contributed by atoms with Gasteiger partial charge in [-0.1, -0.05) is 0 Å². The number of halogens is 2.